The van der Waals surface area contributed by atoms with Crippen LogP contribution in [0.15, 0.2) is 58.2 Å². The fourth-order valence-corrected chi connectivity index (χ4v) is 3.12. The van der Waals surface area contributed by atoms with Gasteiger partial charge in [-0.3, -0.25) is 4.79 Å². The van der Waals surface area contributed by atoms with Crippen LogP contribution in [0.3, 0.4) is 0 Å². The molecule has 1 heterocycles. The van der Waals surface area contributed by atoms with Crippen LogP contribution in [-0.2, 0) is 6.42 Å². The molecule has 5 nitrogen and oxygen atoms in total. The highest BCUT2D eigenvalue weighted by Crippen LogP contribution is 2.26. The zero-order valence-electron chi connectivity index (χ0n) is 13.4. The van der Waals surface area contributed by atoms with Gasteiger partial charge in [-0.2, -0.15) is 0 Å². The molecule has 3 aromatic rings. The highest BCUT2D eigenvalue weighted by atomic mass is 35.5. The monoisotopic (exact) mass is 374 g/mol. The normalized spacial score (nSPS) is 10.6. The summed E-state index contributed by atoms with van der Waals surface area (Å²) in [7, 11) is 1.53. The van der Waals surface area contributed by atoms with Gasteiger partial charge in [0.1, 0.15) is 5.75 Å². The van der Waals surface area contributed by atoms with Crippen molar-refractivity contribution in [3.63, 3.8) is 0 Å². The Balaban J connectivity index is 1.58. The maximum absolute atomic E-state index is 12.3. The number of rotatable bonds is 7. The number of halogens is 1. The van der Waals surface area contributed by atoms with Crippen LogP contribution in [0.1, 0.15) is 21.8 Å². The van der Waals surface area contributed by atoms with Crippen LogP contribution in [0, 0.1) is 0 Å². The number of Topliss-reactive ketones (excluding diaryl/α,β-unsaturated/α-hetero) is 1. The maximum Gasteiger partial charge on any atom is 0.277 e. The number of ketones is 1. The predicted molar refractivity (Wildman–Crippen MR) is 96.6 cm³/mol. The molecule has 0 aliphatic heterocycles. The molecule has 0 spiro atoms. The van der Waals surface area contributed by atoms with Crippen LogP contribution in [-0.4, -0.2) is 28.8 Å². The van der Waals surface area contributed by atoms with E-state index in [1.807, 2.05) is 30.3 Å². The van der Waals surface area contributed by atoms with Gasteiger partial charge in [0.15, 0.2) is 5.78 Å². The lowest BCUT2D eigenvalue weighted by Crippen LogP contribution is -2.02. The third kappa shape index (κ3) is 4.61. The van der Waals surface area contributed by atoms with Gasteiger partial charge >= 0.3 is 0 Å². The Labute approximate surface area is 154 Å². The summed E-state index contributed by atoms with van der Waals surface area (Å²) in [6.07, 6.45) is 0.566. The van der Waals surface area contributed by atoms with Crippen LogP contribution in [0.5, 0.6) is 5.75 Å². The topological polar surface area (TPSA) is 65.2 Å². The van der Waals surface area contributed by atoms with Gasteiger partial charge in [0.25, 0.3) is 5.22 Å². The number of aromatic nitrogens is 2. The molecule has 0 saturated heterocycles. The van der Waals surface area contributed by atoms with Crippen LogP contribution in [0.2, 0.25) is 5.02 Å². The van der Waals surface area contributed by atoms with Crippen molar-refractivity contribution in [2.45, 2.75) is 11.6 Å². The summed E-state index contributed by atoms with van der Waals surface area (Å²) in [5.74, 6) is 1.18. The molecule has 0 aliphatic rings. The first kappa shape index (κ1) is 17.5. The van der Waals surface area contributed by atoms with Gasteiger partial charge in [-0.1, -0.05) is 53.7 Å². The van der Waals surface area contributed by atoms with E-state index in [1.54, 1.807) is 18.2 Å². The predicted octanol–water partition coefficient (Wildman–Crippen LogP) is 4.30. The highest BCUT2D eigenvalue weighted by molar-refractivity contribution is 7.99. The minimum absolute atomic E-state index is 0.0719. The fraction of sp³-hybridized carbons (Fsp3) is 0.167. The average Bonchev–Trinajstić information content (AvgIpc) is 3.08. The van der Waals surface area contributed by atoms with Gasteiger partial charge in [0.2, 0.25) is 5.89 Å². The first-order valence-electron chi connectivity index (χ1n) is 7.51. The molecular weight excluding hydrogens is 360 g/mol. The molecule has 0 aliphatic carbocycles. The molecule has 0 saturated carbocycles. The Morgan fingerprint density at radius 3 is 2.72 bits per heavy atom. The standard InChI is InChI=1S/C18H15ClN2O3S/c1-23-16-8-7-13(10-14(16)19)15(22)11-25-18-21-20-17(24-18)9-12-5-3-2-4-6-12/h2-8,10H,9,11H2,1H3. The van der Waals surface area contributed by atoms with E-state index in [-0.39, 0.29) is 11.5 Å². The van der Waals surface area contributed by atoms with E-state index < -0.39 is 0 Å². The lowest BCUT2D eigenvalue weighted by Gasteiger charge is -2.04. The summed E-state index contributed by atoms with van der Waals surface area (Å²) in [5.41, 5.74) is 1.61. The van der Waals surface area contributed by atoms with E-state index in [2.05, 4.69) is 10.2 Å². The van der Waals surface area contributed by atoms with Gasteiger partial charge < -0.3 is 9.15 Å². The number of nitrogens with zero attached hydrogens (tertiary/aromatic N) is 2. The van der Waals surface area contributed by atoms with E-state index in [0.717, 1.165) is 5.56 Å². The summed E-state index contributed by atoms with van der Waals surface area (Å²) in [4.78, 5) is 12.3. The average molecular weight is 375 g/mol. The first-order chi connectivity index (χ1) is 12.2. The fourth-order valence-electron chi connectivity index (χ4n) is 2.19. The third-order valence-electron chi connectivity index (χ3n) is 3.45. The van der Waals surface area contributed by atoms with Crippen molar-refractivity contribution < 1.29 is 13.9 Å². The van der Waals surface area contributed by atoms with E-state index in [1.165, 1.54) is 18.9 Å². The van der Waals surface area contributed by atoms with Gasteiger partial charge in [0.05, 0.1) is 24.3 Å². The second-order valence-corrected chi connectivity index (χ2v) is 6.52. The quantitative estimate of drug-likeness (QED) is 0.454. The van der Waals surface area contributed by atoms with Crippen molar-refractivity contribution in [3.8, 4) is 5.75 Å². The molecule has 128 valence electrons. The SMILES string of the molecule is COc1ccc(C(=O)CSc2nnc(Cc3ccccc3)o2)cc1Cl. The Kier molecular flexibility index (Phi) is 5.73. The molecule has 1 aromatic heterocycles. The van der Waals surface area contributed by atoms with Crippen LogP contribution < -0.4 is 4.74 Å². The molecule has 0 radical (unpaired) electrons. The second-order valence-electron chi connectivity index (χ2n) is 5.19. The van der Waals surface area contributed by atoms with E-state index >= 15 is 0 Å². The lowest BCUT2D eigenvalue weighted by molar-refractivity contribution is 0.102. The van der Waals surface area contributed by atoms with Crippen molar-refractivity contribution in [1.29, 1.82) is 0 Å². The number of ether oxygens (including phenoxy) is 1. The number of methoxy groups -OCH3 is 1. The van der Waals surface area contributed by atoms with E-state index in [0.29, 0.717) is 33.9 Å². The number of carbonyl (C=O) groups excluding carboxylic acids is 1. The number of thioether (sulfide) groups is 1. The van der Waals surface area contributed by atoms with Crippen LogP contribution in [0.25, 0.3) is 0 Å². The van der Waals surface area contributed by atoms with Gasteiger partial charge in [-0.05, 0) is 23.8 Å². The highest BCUT2D eigenvalue weighted by Gasteiger charge is 2.13. The van der Waals surface area contributed by atoms with Crippen molar-refractivity contribution >= 4 is 29.1 Å². The van der Waals surface area contributed by atoms with E-state index in [9.17, 15) is 4.79 Å². The van der Waals surface area contributed by atoms with Crippen molar-refractivity contribution in [2.75, 3.05) is 12.9 Å². The molecule has 0 amide bonds. The summed E-state index contributed by atoms with van der Waals surface area (Å²) < 4.78 is 10.7. The summed E-state index contributed by atoms with van der Waals surface area (Å²) in [6, 6.07) is 14.8. The van der Waals surface area contributed by atoms with Crippen LogP contribution in [0.4, 0.5) is 0 Å². The first-order valence-corrected chi connectivity index (χ1v) is 8.88. The summed E-state index contributed by atoms with van der Waals surface area (Å²) >= 11 is 7.25. The largest absolute Gasteiger partial charge is 0.495 e. The Morgan fingerprint density at radius 2 is 2.00 bits per heavy atom. The Hall–Kier alpha value is -2.31. The number of benzene rings is 2. The minimum Gasteiger partial charge on any atom is -0.495 e. The molecule has 7 heteroatoms. The van der Waals surface area contributed by atoms with Crippen molar-refractivity contribution in [2.24, 2.45) is 0 Å². The second kappa shape index (κ2) is 8.18. The summed E-state index contributed by atoms with van der Waals surface area (Å²) in [5, 5.41) is 8.76. The molecule has 0 bridgehead atoms. The zero-order valence-corrected chi connectivity index (χ0v) is 15.0. The number of hydrogen-bond acceptors (Lipinski definition) is 6. The number of hydrogen-bond donors (Lipinski definition) is 0. The molecular formula is C18H15ClN2O3S. The van der Waals surface area contributed by atoms with Gasteiger partial charge in [0, 0.05) is 5.56 Å². The molecule has 0 unspecified atom stereocenters. The van der Waals surface area contributed by atoms with Crippen molar-refractivity contribution in [1.82, 2.24) is 10.2 Å². The minimum atomic E-state index is -0.0719. The Bertz CT molecular complexity index is 868. The lowest BCUT2D eigenvalue weighted by atomic mass is 10.1. The van der Waals surface area contributed by atoms with E-state index in [4.69, 9.17) is 20.8 Å². The zero-order chi connectivity index (χ0) is 17.6. The molecule has 0 fully saturated rings. The summed E-state index contributed by atoms with van der Waals surface area (Å²) in [6.45, 7) is 0. The molecule has 25 heavy (non-hydrogen) atoms. The molecule has 0 atom stereocenters. The van der Waals surface area contributed by atoms with Crippen LogP contribution >= 0.6 is 23.4 Å². The molecule has 0 N–H and O–H groups in total. The van der Waals surface area contributed by atoms with Gasteiger partial charge in [-0.25, -0.2) is 0 Å². The maximum atomic E-state index is 12.3. The number of carbonyl (C=O) groups is 1. The molecule has 2 aromatic carbocycles. The smallest absolute Gasteiger partial charge is 0.277 e. The van der Waals surface area contributed by atoms with Crippen molar-refractivity contribution in [3.05, 3.63) is 70.6 Å². The molecule has 3 rings (SSSR count). The Morgan fingerprint density at radius 1 is 1.20 bits per heavy atom. The van der Waals surface area contributed by atoms with Gasteiger partial charge in [-0.15, -0.1) is 10.2 Å². The third-order valence-corrected chi connectivity index (χ3v) is 4.56.